The molecule has 2 heterocycles. The SMILES string of the molecule is CCCCCCCCCCCCNC1CC2CCC1O2. The number of unbranched alkanes of at least 4 members (excludes halogenated alkanes) is 9. The van der Waals surface area contributed by atoms with Crippen molar-refractivity contribution >= 4 is 0 Å². The van der Waals surface area contributed by atoms with Crippen LogP contribution in [0.3, 0.4) is 0 Å². The Morgan fingerprint density at radius 1 is 0.850 bits per heavy atom. The number of nitrogens with one attached hydrogen (secondary N) is 1. The highest BCUT2D eigenvalue weighted by Crippen LogP contribution is 2.34. The molecule has 2 saturated heterocycles. The molecule has 0 radical (unpaired) electrons. The third kappa shape index (κ3) is 5.73. The van der Waals surface area contributed by atoms with Crippen LogP contribution in [0.2, 0.25) is 0 Å². The Morgan fingerprint density at radius 2 is 1.50 bits per heavy atom. The van der Waals surface area contributed by atoms with Crippen molar-refractivity contribution < 1.29 is 4.74 Å². The van der Waals surface area contributed by atoms with Gasteiger partial charge < -0.3 is 10.1 Å². The van der Waals surface area contributed by atoms with Gasteiger partial charge in [0.25, 0.3) is 0 Å². The quantitative estimate of drug-likeness (QED) is 0.518. The molecule has 2 aliphatic heterocycles. The highest BCUT2D eigenvalue weighted by molar-refractivity contribution is 4.93. The molecule has 0 aliphatic carbocycles. The summed E-state index contributed by atoms with van der Waals surface area (Å²) < 4.78 is 5.87. The van der Waals surface area contributed by atoms with Gasteiger partial charge in [0, 0.05) is 6.04 Å². The molecule has 3 atom stereocenters. The Bertz CT molecular complexity index is 244. The number of rotatable bonds is 12. The smallest absolute Gasteiger partial charge is 0.0733 e. The highest BCUT2D eigenvalue weighted by Gasteiger charge is 2.40. The molecule has 2 aliphatic rings. The van der Waals surface area contributed by atoms with Gasteiger partial charge >= 0.3 is 0 Å². The summed E-state index contributed by atoms with van der Waals surface area (Å²) in [4.78, 5) is 0. The van der Waals surface area contributed by atoms with Crippen molar-refractivity contribution in [2.75, 3.05) is 6.54 Å². The molecule has 0 amide bonds. The van der Waals surface area contributed by atoms with E-state index in [9.17, 15) is 0 Å². The third-order valence-electron chi connectivity index (χ3n) is 5.04. The van der Waals surface area contributed by atoms with Gasteiger partial charge in [-0.2, -0.15) is 0 Å². The van der Waals surface area contributed by atoms with E-state index >= 15 is 0 Å². The molecule has 2 heteroatoms. The fourth-order valence-electron chi connectivity index (χ4n) is 3.75. The first-order chi connectivity index (χ1) is 9.90. The van der Waals surface area contributed by atoms with Gasteiger partial charge in [0.05, 0.1) is 12.2 Å². The van der Waals surface area contributed by atoms with E-state index in [1.54, 1.807) is 0 Å². The van der Waals surface area contributed by atoms with Crippen LogP contribution in [-0.2, 0) is 4.74 Å². The molecule has 0 saturated carbocycles. The monoisotopic (exact) mass is 281 g/mol. The van der Waals surface area contributed by atoms with Gasteiger partial charge in [0.15, 0.2) is 0 Å². The van der Waals surface area contributed by atoms with Gasteiger partial charge in [-0.25, -0.2) is 0 Å². The summed E-state index contributed by atoms with van der Waals surface area (Å²) in [6.45, 7) is 3.49. The van der Waals surface area contributed by atoms with E-state index in [1.807, 2.05) is 0 Å². The maximum Gasteiger partial charge on any atom is 0.0733 e. The number of fused-ring (bicyclic) bond motifs is 2. The molecule has 0 aromatic rings. The maximum absolute atomic E-state index is 5.87. The Labute approximate surface area is 126 Å². The molecule has 2 nitrogen and oxygen atoms in total. The largest absolute Gasteiger partial charge is 0.373 e. The minimum Gasteiger partial charge on any atom is -0.373 e. The van der Waals surface area contributed by atoms with E-state index in [2.05, 4.69) is 12.2 Å². The fourth-order valence-corrected chi connectivity index (χ4v) is 3.75. The van der Waals surface area contributed by atoms with Crippen LogP contribution in [0, 0.1) is 0 Å². The summed E-state index contributed by atoms with van der Waals surface area (Å²) in [6.07, 6.45) is 19.2. The van der Waals surface area contributed by atoms with Crippen molar-refractivity contribution in [2.24, 2.45) is 0 Å². The zero-order valence-corrected chi connectivity index (χ0v) is 13.5. The summed E-state index contributed by atoms with van der Waals surface area (Å²) >= 11 is 0. The first-order valence-electron chi connectivity index (χ1n) is 9.29. The lowest BCUT2D eigenvalue weighted by molar-refractivity contribution is 0.0974. The molecule has 1 N–H and O–H groups in total. The molecular formula is C18H35NO. The first kappa shape index (κ1) is 16.3. The topological polar surface area (TPSA) is 21.3 Å². The molecule has 0 aromatic heterocycles. The molecule has 2 bridgehead atoms. The van der Waals surface area contributed by atoms with Crippen LogP contribution in [0.5, 0.6) is 0 Å². The number of ether oxygens (including phenoxy) is 1. The molecular weight excluding hydrogens is 246 g/mol. The molecule has 118 valence electrons. The van der Waals surface area contributed by atoms with Gasteiger partial charge in [-0.3, -0.25) is 0 Å². The van der Waals surface area contributed by atoms with Crippen molar-refractivity contribution in [1.82, 2.24) is 5.32 Å². The van der Waals surface area contributed by atoms with E-state index < -0.39 is 0 Å². The van der Waals surface area contributed by atoms with E-state index in [4.69, 9.17) is 4.74 Å². The van der Waals surface area contributed by atoms with Crippen molar-refractivity contribution in [1.29, 1.82) is 0 Å². The first-order valence-corrected chi connectivity index (χ1v) is 9.29. The van der Waals surface area contributed by atoms with Crippen molar-refractivity contribution in [3.63, 3.8) is 0 Å². The predicted molar refractivity (Wildman–Crippen MR) is 86.1 cm³/mol. The Morgan fingerprint density at radius 3 is 2.05 bits per heavy atom. The Balaban J connectivity index is 1.31. The van der Waals surface area contributed by atoms with Crippen LogP contribution in [-0.4, -0.2) is 24.8 Å². The minimum absolute atomic E-state index is 0.545. The van der Waals surface area contributed by atoms with Gasteiger partial charge in [-0.1, -0.05) is 64.7 Å². The van der Waals surface area contributed by atoms with Gasteiger partial charge in [0.1, 0.15) is 0 Å². The molecule has 2 rings (SSSR count). The van der Waals surface area contributed by atoms with Crippen LogP contribution in [0.25, 0.3) is 0 Å². The zero-order chi connectivity index (χ0) is 14.0. The summed E-state index contributed by atoms with van der Waals surface area (Å²) in [5.74, 6) is 0. The molecule has 20 heavy (non-hydrogen) atoms. The fraction of sp³-hybridized carbons (Fsp3) is 1.00. The van der Waals surface area contributed by atoms with Crippen molar-refractivity contribution in [3.8, 4) is 0 Å². The van der Waals surface area contributed by atoms with Crippen molar-refractivity contribution in [2.45, 2.75) is 109 Å². The lowest BCUT2D eigenvalue weighted by atomic mass is 9.95. The average Bonchev–Trinajstić information content (AvgIpc) is 3.07. The summed E-state index contributed by atoms with van der Waals surface area (Å²) in [7, 11) is 0. The molecule has 3 unspecified atom stereocenters. The lowest BCUT2D eigenvalue weighted by Crippen LogP contribution is -2.37. The maximum atomic E-state index is 5.87. The molecule has 0 spiro atoms. The highest BCUT2D eigenvalue weighted by atomic mass is 16.5. The van der Waals surface area contributed by atoms with E-state index in [1.165, 1.54) is 90.0 Å². The summed E-state index contributed by atoms with van der Waals surface area (Å²) in [6, 6.07) is 0.673. The summed E-state index contributed by atoms with van der Waals surface area (Å²) in [5, 5.41) is 3.71. The van der Waals surface area contributed by atoms with Gasteiger partial charge in [-0.15, -0.1) is 0 Å². The Hall–Kier alpha value is -0.0800. The van der Waals surface area contributed by atoms with E-state index in [-0.39, 0.29) is 0 Å². The lowest BCUT2D eigenvalue weighted by Gasteiger charge is -2.19. The second-order valence-corrected chi connectivity index (χ2v) is 6.85. The second kappa shape index (κ2) is 9.78. The molecule has 2 fully saturated rings. The van der Waals surface area contributed by atoms with Gasteiger partial charge in [-0.05, 0) is 32.2 Å². The van der Waals surface area contributed by atoms with Gasteiger partial charge in [0.2, 0.25) is 0 Å². The third-order valence-corrected chi connectivity index (χ3v) is 5.04. The Kier molecular flexibility index (Phi) is 7.97. The van der Waals surface area contributed by atoms with Crippen LogP contribution < -0.4 is 5.32 Å². The normalized spacial score (nSPS) is 28.4. The number of hydrogen-bond donors (Lipinski definition) is 1. The number of hydrogen-bond acceptors (Lipinski definition) is 2. The summed E-state index contributed by atoms with van der Waals surface area (Å²) in [5.41, 5.74) is 0. The van der Waals surface area contributed by atoms with Crippen LogP contribution in [0.15, 0.2) is 0 Å². The minimum atomic E-state index is 0.545. The predicted octanol–water partition coefficient (Wildman–Crippen LogP) is 4.82. The zero-order valence-electron chi connectivity index (χ0n) is 13.5. The average molecular weight is 281 g/mol. The van der Waals surface area contributed by atoms with Crippen LogP contribution >= 0.6 is 0 Å². The van der Waals surface area contributed by atoms with E-state index in [0.29, 0.717) is 18.2 Å². The molecule has 0 aromatic carbocycles. The second-order valence-electron chi connectivity index (χ2n) is 6.85. The standard InChI is InChI=1S/C18H35NO/c1-2-3-4-5-6-7-8-9-10-11-14-19-17-15-16-12-13-18(17)20-16/h16-19H,2-15H2,1H3. The van der Waals surface area contributed by atoms with Crippen LogP contribution in [0.1, 0.15) is 90.4 Å². The van der Waals surface area contributed by atoms with Crippen LogP contribution in [0.4, 0.5) is 0 Å². The van der Waals surface area contributed by atoms with E-state index in [0.717, 1.165) is 0 Å². The van der Waals surface area contributed by atoms with Crippen molar-refractivity contribution in [3.05, 3.63) is 0 Å².